The molecule has 1 aliphatic carbocycles. The van der Waals surface area contributed by atoms with Crippen LogP contribution in [0.3, 0.4) is 0 Å². The van der Waals surface area contributed by atoms with Crippen molar-refractivity contribution in [1.29, 1.82) is 0 Å². The highest BCUT2D eigenvalue weighted by molar-refractivity contribution is 6.08. The lowest BCUT2D eigenvalue weighted by Gasteiger charge is -2.34. The summed E-state index contributed by atoms with van der Waals surface area (Å²) in [6.45, 7) is 3.91. The van der Waals surface area contributed by atoms with E-state index in [0.717, 1.165) is 12.8 Å². The van der Waals surface area contributed by atoms with Gasteiger partial charge in [0.2, 0.25) is 0 Å². The molecule has 206 valence electrons. The van der Waals surface area contributed by atoms with Crippen LogP contribution in [0.2, 0.25) is 0 Å². The lowest BCUT2D eigenvalue weighted by Crippen LogP contribution is -2.48. The van der Waals surface area contributed by atoms with Crippen molar-refractivity contribution in [2.45, 2.75) is 45.3 Å². The highest BCUT2D eigenvalue weighted by atomic mass is 19.1. The summed E-state index contributed by atoms with van der Waals surface area (Å²) in [6.07, 6.45) is 1.40. The number of nitrogens with one attached hydrogen (secondary N) is 1. The fourth-order valence-electron chi connectivity index (χ4n) is 5.50. The number of carbonyl (C=O) groups is 2. The van der Waals surface area contributed by atoms with Gasteiger partial charge in [-0.1, -0.05) is 31.2 Å². The summed E-state index contributed by atoms with van der Waals surface area (Å²) in [5.41, 5.74) is 0.856. The maximum Gasteiger partial charge on any atom is 0.407 e. The van der Waals surface area contributed by atoms with Crippen LogP contribution in [0.15, 0.2) is 47.3 Å². The first-order valence-electron chi connectivity index (χ1n) is 13.4. The highest BCUT2D eigenvalue weighted by Crippen LogP contribution is 2.41. The summed E-state index contributed by atoms with van der Waals surface area (Å²) in [6, 6.07) is 10.0. The predicted octanol–water partition coefficient (Wildman–Crippen LogP) is 4.37. The van der Waals surface area contributed by atoms with Crippen LogP contribution in [0.1, 0.15) is 53.8 Å². The lowest BCUT2D eigenvalue weighted by molar-refractivity contribution is 0.0924. The third-order valence-corrected chi connectivity index (χ3v) is 7.63. The van der Waals surface area contributed by atoms with Crippen molar-refractivity contribution in [3.63, 3.8) is 0 Å². The number of aromatic nitrogens is 1. The number of fused-ring (bicyclic) bond motifs is 1. The molecule has 2 heterocycles. The van der Waals surface area contributed by atoms with Gasteiger partial charge in [-0.3, -0.25) is 14.5 Å². The van der Waals surface area contributed by atoms with Gasteiger partial charge in [0.25, 0.3) is 11.5 Å². The molecule has 10 heteroatoms. The second-order valence-electron chi connectivity index (χ2n) is 10.3. The third kappa shape index (κ3) is 5.52. The topological polar surface area (TPSA) is 94.9 Å². The lowest BCUT2D eigenvalue weighted by atomic mass is 9.98. The van der Waals surface area contributed by atoms with Crippen molar-refractivity contribution in [3.05, 3.63) is 81.3 Å². The molecule has 1 atom stereocenters. The summed E-state index contributed by atoms with van der Waals surface area (Å²) >= 11 is 0. The number of amides is 2. The molecule has 1 saturated carbocycles. The van der Waals surface area contributed by atoms with E-state index in [1.807, 2.05) is 11.8 Å². The summed E-state index contributed by atoms with van der Waals surface area (Å²) in [4.78, 5) is 42.4. The molecule has 2 amide bonds. The van der Waals surface area contributed by atoms with Crippen LogP contribution < -0.4 is 10.9 Å². The smallest absolute Gasteiger partial charge is 0.407 e. The van der Waals surface area contributed by atoms with E-state index >= 15 is 4.39 Å². The van der Waals surface area contributed by atoms with E-state index < -0.39 is 35.2 Å². The first kappa shape index (κ1) is 26.8. The Hall–Kier alpha value is -3.79. The average molecular weight is 539 g/mol. The zero-order chi connectivity index (χ0) is 27.7. The SMILES string of the molecule is CCCn1c(CN2CCN(C(=O)O)CC2)c(C(=O)N[C@H](c2cccc(F)c2)C2CC2)c2cccc(F)c2c1=O. The van der Waals surface area contributed by atoms with E-state index in [9.17, 15) is 23.9 Å². The monoisotopic (exact) mass is 538 g/mol. The Morgan fingerprint density at radius 2 is 1.79 bits per heavy atom. The molecule has 2 fully saturated rings. The number of hydrogen-bond acceptors (Lipinski definition) is 4. The van der Waals surface area contributed by atoms with Crippen molar-refractivity contribution in [3.8, 4) is 0 Å². The maximum atomic E-state index is 15.1. The molecule has 5 rings (SSSR count). The van der Waals surface area contributed by atoms with E-state index in [1.54, 1.807) is 18.2 Å². The van der Waals surface area contributed by atoms with Crippen molar-refractivity contribution >= 4 is 22.8 Å². The van der Waals surface area contributed by atoms with Gasteiger partial charge in [-0.2, -0.15) is 0 Å². The molecule has 1 saturated heterocycles. The Morgan fingerprint density at radius 1 is 1.08 bits per heavy atom. The first-order chi connectivity index (χ1) is 18.8. The number of carboxylic acid groups (broad SMARTS) is 1. The maximum absolute atomic E-state index is 15.1. The van der Waals surface area contributed by atoms with Crippen LogP contribution in [0.4, 0.5) is 13.6 Å². The Kier molecular flexibility index (Phi) is 7.65. The van der Waals surface area contributed by atoms with E-state index in [0.29, 0.717) is 50.4 Å². The predicted molar refractivity (Wildman–Crippen MR) is 143 cm³/mol. The van der Waals surface area contributed by atoms with Crippen molar-refractivity contribution in [1.82, 2.24) is 19.7 Å². The number of piperazine rings is 1. The van der Waals surface area contributed by atoms with Crippen LogP contribution in [0, 0.1) is 17.6 Å². The summed E-state index contributed by atoms with van der Waals surface area (Å²) in [7, 11) is 0. The van der Waals surface area contributed by atoms with Crippen LogP contribution in [-0.2, 0) is 13.1 Å². The molecular weight excluding hydrogens is 506 g/mol. The van der Waals surface area contributed by atoms with Crippen molar-refractivity contribution in [2.75, 3.05) is 26.2 Å². The van der Waals surface area contributed by atoms with Gasteiger partial charge in [0, 0.05) is 50.3 Å². The Morgan fingerprint density at radius 3 is 2.44 bits per heavy atom. The molecule has 0 bridgehead atoms. The van der Waals surface area contributed by atoms with Gasteiger partial charge < -0.3 is 19.9 Å². The second-order valence-corrected chi connectivity index (χ2v) is 10.3. The first-order valence-corrected chi connectivity index (χ1v) is 13.4. The molecule has 8 nitrogen and oxygen atoms in total. The Balaban J connectivity index is 1.60. The number of benzene rings is 2. The number of nitrogens with zero attached hydrogens (tertiary/aromatic N) is 3. The van der Waals surface area contributed by atoms with Gasteiger partial charge in [0.05, 0.1) is 17.0 Å². The molecule has 0 radical (unpaired) electrons. The fraction of sp³-hybridized carbons (Fsp3) is 0.414. The summed E-state index contributed by atoms with van der Waals surface area (Å²) < 4.78 is 30.6. The van der Waals surface area contributed by atoms with Crippen molar-refractivity contribution in [2.24, 2.45) is 5.92 Å². The zero-order valence-electron chi connectivity index (χ0n) is 21.8. The van der Waals surface area contributed by atoms with Gasteiger partial charge >= 0.3 is 6.09 Å². The molecule has 0 spiro atoms. The molecule has 2 N–H and O–H groups in total. The standard InChI is InChI=1S/C29H32F2N4O4/c1-2-11-35-23(17-33-12-14-34(15-13-33)29(38)39)25(21-7-4-8-22(31)24(21)28(35)37)27(36)32-26(18-9-10-18)19-5-3-6-20(30)16-19/h3-8,16,18,26H,2,9-15,17H2,1H3,(H,32,36)(H,38,39)/t26-/m0/s1. The number of rotatable bonds is 8. The molecule has 1 aliphatic heterocycles. The van der Waals surface area contributed by atoms with E-state index in [2.05, 4.69) is 5.32 Å². The minimum Gasteiger partial charge on any atom is -0.465 e. The summed E-state index contributed by atoms with van der Waals surface area (Å²) in [5, 5.41) is 12.5. The fourth-order valence-corrected chi connectivity index (χ4v) is 5.50. The minimum atomic E-state index is -0.984. The largest absolute Gasteiger partial charge is 0.465 e. The number of pyridine rings is 1. The van der Waals surface area contributed by atoms with E-state index in [1.165, 1.54) is 33.7 Å². The third-order valence-electron chi connectivity index (χ3n) is 7.63. The van der Waals surface area contributed by atoms with Crippen LogP contribution in [-0.4, -0.2) is 57.7 Å². The number of hydrogen-bond donors (Lipinski definition) is 2. The van der Waals surface area contributed by atoms with Gasteiger partial charge in [-0.25, -0.2) is 13.6 Å². The van der Waals surface area contributed by atoms with Crippen LogP contribution in [0.25, 0.3) is 10.8 Å². The van der Waals surface area contributed by atoms with Crippen LogP contribution in [0.5, 0.6) is 0 Å². The molecular formula is C29H32F2N4O4. The quantitative estimate of drug-likeness (QED) is 0.444. The van der Waals surface area contributed by atoms with Crippen molar-refractivity contribution < 1.29 is 23.5 Å². The number of carbonyl (C=O) groups excluding carboxylic acids is 1. The van der Waals surface area contributed by atoms with Gasteiger partial charge in [-0.15, -0.1) is 0 Å². The van der Waals surface area contributed by atoms with Gasteiger partial charge in [0.1, 0.15) is 11.6 Å². The summed E-state index contributed by atoms with van der Waals surface area (Å²) in [5.74, 6) is -1.37. The Labute approximate surface area is 224 Å². The van der Waals surface area contributed by atoms with E-state index in [-0.39, 0.29) is 28.8 Å². The average Bonchev–Trinajstić information content (AvgIpc) is 3.75. The molecule has 2 aliphatic rings. The molecule has 2 aromatic carbocycles. The van der Waals surface area contributed by atoms with Gasteiger partial charge in [0.15, 0.2) is 0 Å². The van der Waals surface area contributed by atoms with E-state index in [4.69, 9.17) is 0 Å². The molecule has 39 heavy (non-hydrogen) atoms. The molecule has 1 aromatic heterocycles. The minimum absolute atomic E-state index is 0.135. The molecule has 0 unspecified atom stereocenters. The Bertz CT molecular complexity index is 1460. The highest BCUT2D eigenvalue weighted by Gasteiger charge is 2.35. The zero-order valence-corrected chi connectivity index (χ0v) is 21.8. The molecule has 3 aromatic rings. The van der Waals surface area contributed by atoms with Gasteiger partial charge in [-0.05, 0) is 48.9 Å². The normalized spacial score (nSPS) is 16.8. The number of halogens is 2. The van der Waals surface area contributed by atoms with Crippen LogP contribution >= 0.6 is 0 Å². The second kappa shape index (κ2) is 11.1.